The molecular formula is C17H18ClN3O4. The molecule has 0 aliphatic rings. The van der Waals surface area contributed by atoms with Gasteiger partial charge in [0.05, 0.1) is 5.69 Å². The fraction of sp³-hybridized carbons (Fsp3) is 0.294. The molecule has 132 valence electrons. The van der Waals surface area contributed by atoms with Crippen molar-refractivity contribution in [3.63, 3.8) is 0 Å². The number of hydrogen-bond donors (Lipinski definition) is 2. The number of carboxylic acids is 1. The Kier molecular flexibility index (Phi) is 5.93. The second kappa shape index (κ2) is 7.94. The third-order valence-electron chi connectivity index (χ3n) is 3.55. The van der Waals surface area contributed by atoms with Crippen LogP contribution in [-0.2, 0) is 16.1 Å². The van der Waals surface area contributed by atoms with Gasteiger partial charge in [-0.15, -0.1) is 0 Å². The molecule has 25 heavy (non-hydrogen) atoms. The fourth-order valence-corrected chi connectivity index (χ4v) is 2.33. The van der Waals surface area contributed by atoms with Gasteiger partial charge in [-0.05, 0) is 24.1 Å². The lowest BCUT2D eigenvalue weighted by atomic mass is 10.1. The van der Waals surface area contributed by atoms with Gasteiger partial charge in [-0.2, -0.15) is 5.10 Å². The first-order valence-electron chi connectivity index (χ1n) is 7.64. The Labute approximate surface area is 149 Å². The minimum Gasteiger partial charge on any atom is -0.480 e. The average Bonchev–Trinajstić information content (AvgIpc) is 2.55. The normalized spacial score (nSPS) is 12.0. The molecule has 8 heteroatoms. The van der Waals surface area contributed by atoms with Crippen LogP contribution in [-0.4, -0.2) is 32.8 Å². The van der Waals surface area contributed by atoms with Crippen LogP contribution in [0.25, 0.3) is 11.3 Å². The number of aliphatic carboxylic acids is 1. The first-order chi connectivity index (χ1) is 11.8. The van der Waals surface area contributed by atoms with E-state index in [-0.39, 0.29) is 12.5 Å². The summed E-state index contributed by atoms with van der Waals surface area (Å²) in [6.45, 7) is 3.01. The van der Waals surface area contributed by atoms with Crippen LogP contribution in [0.5, 0.6) is 0 Å². The van der Waals surface area contributed by atoms with E-state index in [2.05, 4.69) is 10.4 Å². The Bertz CT molecular complexity index is 831. The van der Waals surface area contributed by atoms with E-state index < -0.39 is 23.5 Å². The van der Waals surface area contributed by atoms with Crippen LogP contribution in [0.4, 0.5) is 0 Å². The van der Waals surface area contributed by atoms with Crippen molar-refractivity contribution in [2.45, 2.75) is 26.4 Å². The molecule has 1 aromatic carbocycles. The highest BCUT2D eigenvalue weighted by molar-refractivity contribution is 6.30. The van der Waals surface area contributed by atoms with Gasteiger partial charge in [0.2, 0.25) is 5.91 Å². The van der Waals surface area contributed by atoms with E-state index in [1.54, 1.807) is 44.2 Å². The number of aromatic nitrogens is 2. The summed E-state index contributed by atoms with van der Waals surface area (Å²) in [4.78, 5) is 35.2. The zero-order valence-corrected chi connectivity index (χ0v) is 14.5. The summed E-state index contributed by atoms with van der Waals surface area (Å²) in [6, 6.07) is 8.72. The number of carbonyl (C=O) groups excluding carboxylic acids is 1. The summed E-state index contributed by atoms with van der Waals surface area (Å²) in [5.41, 5.74) is 0.788. The Morgan fingerprint density at radius 1 is 1.20 bits per heavy atom. The maximum atomic E-state index is 12.1. The summed E-state index contributed by atoms with van der Waals surface area (Å²) >= 11 is 5.85. The van der Waals surface area contributed by atoms with E-state index in [4.69, 9.17) is 16.7 Å². The van der Waals surface area contributed by atoms with Gasteiger partial charge in [0.1, 0.15) is 12.6 Å². The molecule has 0 spiro atoms. The molecule has 1 aromatic heterocycles. The van der Waals surface area contributed by atoms with Crippen LogP contribution >= 0.6 is 11.6 Å². The Hall–Kier alpha value is -2.67. The van der Waals surface area contributed by atoms with Crippen LogP contribution in [0.1, 0.15) is 13.8 Å². The summed E-state index contributed by atoms with van der Waals surface area (Å²) in [5, 5.41) is 16.3. The maximum absolute atomic E-state index is 12.1. The molecule has 7 nitrogen and oxygen atoms in total. The lowest BCUT2D eigenvalue weighted by Gasteiger charge is -2.18. The monoisotopic (exact) mass is 363 g/mol. The van der Waals surface area contributed by atoms with Gasteiger partial charge >= 0.3 is 5.97 Å². The van der Waals surface area contributed by atoms with Gasteiger partial charge in [-0.25, -0.2) is 9.48 Å². The number of carbonyl (C=O) groups is 2. The fourth-order valence-electron chi connectivity index (χ4n) is 2.21. The van der Waals surface area contributed by atoms with Crippen LogP contribution in [0.15, 0.2) is 41.2 Å². The molecule has 0 aliphatic heterocycles. The molecule has 0 aliphatic carbocycles. The Balaban J connectivity index is 2.20. The van der Waals surface area contributed by atoms with Crippen LogP contribution < -0.4 is 10.9 Å². The molecule has 1 amide bonds. The molecule has 2 aromatic rings. The summed E-state index contributed by atoms with van der Waals surface area (Å²) in [7, 11) is 0. The molecule has 0 radical (unpaired) electrons. The number of rotatable bonds is 6. The van der Waals surface area contributed by atoms with Crippen molar-refractivity contribution in [2.75, 3.05) is 0 Å². The Morgan fingerprint density at radius 3 is 2.40 bits per heavy atom. The van der Waals surface area contributed by atoms with Crippen molar-refractivity contribution in [2.24, 2.45) is 5.92 Å². The molecule has 1 heterocycles. The van der Waals surface area contributed by atoms with E-state index >= 15 is 0 Å². The van der Waals surface area contributed by atoms with E-state index in [9.17, 15) is 14.4 Å². The summed E-state index contributed by atoms with van der Waals surface area (Å²) in [5.74, 6) is -2.01. The zero-order valence-electron chi connectivity index (χ0n) is 13.8. The van der Waals surface area contributed by atoms with E-state index in [1.807, 2.05) is 0 Å². The smallest absolute Gasteiger partial charge is 0.326 e. The van der Waals surface area contributed by atoms with E-state index in [0.29, 0.717) is 10.7 Å². The van der Waals surface area contributed by atoms with Crippen LogP contribution in [0.2, 0.25) is 5.02 Å². The predicted molar refractivity (Wildman–Crippen MR) is 93.3 cm³/mol. The zero-order chi connectivity index (χ0) is 18.6. The van der Waals surface area contributed by atoms with Gasteiger partial charge < -0.3 is 10.4 Å². The minimum absolute atomic E-state index is 0.286. The largest absolute Gasteiger partial charge is 0.480 e. The molecular weight excluding hydrogens is 346 g/mol. The number of carboxylic acid groups (broad SMARTS) is 1. The number of benzene rings is 1. The predicted octanol–water partition coefficient (Wildman–Crippen LogP) is 1.79. The highest BCUT2D eigenvalue weighted by Crippen LogP contribution is 2.18. The number of amides is 1. The van der Waals surface area contributed by atoms with E-state index in [1.165, 1.54) is 6.07 Å². The second-order valence-corrected chi connectivity index (χ2v) is 6.29. The van der Waals surface area contributed by atoms with Crippen molar-refractivity contribution < 1.29 is 14.7 Å². The summed E-state index contributed by atoms with van der Waals surface area (Å²) in [6.07, 6.45) is 0. The standard InChI is InChI=1S/C17H18ClN3O4/c1-10(2)16(17(24)25)19-14(22)9-21-15(23)8-7-13(20-21)11-3-5-12(18)6-4-11/h3-8,10,16H,9H2,1-2H3,(H,19,22)(H,24,25). The third-order valence-corrected chi connectivity index (χ3v) is 3.80. The number of nitrogens with one attached hydrogen (secondary N) is 1. The van der Waals surface area contributed by atoms with Crippen molar-refractivity contribution in [3.8, 4) is 11.3 Å². The SMILES string of the molecule is CC(C)C(NC(=O)Cn1nc(-c2ccc(Cl)cc2)ccc1=O)C(=O)O. The molecule has 0 saturated heterocycles. The summed E-state index contributed by atoms with van der Waals surface area (Å²) < 4.78 is 0.999. The first kappa shape index (κ1) is 18.7. The quantitative estimate of drug-likeness (QED) is 0.814. The molecule has 2 rings (SSSR count). The number of halogens is 1. The number of nitrogens with zero attached hydrogens (tertiary/aromatic N) is 2. The van der Waals surface area contributed by atoms with Crippen molar-refractivity contribution in [1.29, 1.82) is 0 Å². The lowest BCUT2D eigenvalue weighted by molar-refractivity contribution is -0.143. The van der Waals surface area contributed by atoms with Crippen molar-refractivity contribution in [3.05, 3.63) is 51.8 Å². The topological polar surface area (TPSA) is 101 Å². The second-order valence-electron chi connectivity index (χ2n) is 5.85. The minimum atomic E-state index is -1.13. The Morgan fingerprint density at radius 2 is 1.84 bits per heavy atom. The van der Waals surface area contributed by atoms with Crippen LogP contribution in [0.3, 0.4) is 0 Å². The van der Waals surface area contributed by atoms with Gasteiger partial charge in [0.25, 0.3) is 5.56 Å². The highest BCUT2D eigenvalue weighted by atomic mass is 35.5. The molecule has 1 unspecified atom stereocenters. The van der Waals surface area contributed by atoms with Gasteiger partial charge in [0, 0.05) is 16.7 Å². The van der Waals surface area contributed by atoms with Gasteiger partial charge in [0.15, 0.2) is 0 Å². The lowest BCUT2D eigenvalue weighted by Crippen LogP contribution is -2.46. The molecule has 0 saturated carbocycles. The van der Waals surface area contributed by atoms with Crippen molar-refractivity contribution in [1.82, 2.24) is 15.1 Å². The highest BCUT2D eigenvalue weighted by Gasteiger charge is 2.23. The first-order valence-corrected chi connectivity index (χ1v) is 8.02. The van der Waals surface area contributed by atoms with Crippen LogP contribution in [0, 0.1) is 5.92 Å². The third kappa shape index (κ3) is 4.90. The molecule has 0 fully saturated rings. The van der Waals surface area contributed by atoms with Gasteiger partial charge in [-0.3, -0.25) is 9.59 Å². The van der Waals surface area contributed by atoms with E-state index in [0.717, 1.165) is 10.2 Å². The molecule has 2 N–H and O–H groups in total. The number of hydrogen-bond acceptors (Lipinski definition) is 4. The average molecular weight is 364 g/mol. The maximum Gasteiger partial charge on any atom is 0.326 e. The van der Waals surface area contributed by atoms with Crippen molar-refractivity contribution >= 4 is 23.5 Å². The molecule has 0 bridgehead atoms. The molecule has 1 atom stereocenters. The van der Waals surface area contributed by atoms with Gasteiger partial charge in [-0.1, -0.05) is 37.6 Å².